The number of esters is 1. The third-order valence-electron chi connectivity index (χ3n) is 3.47. The Balaban J connectivity index is 2.25. The summed E-state index contributed by atoms with van der Waals surface area (Å²) in [6.07, 6.45) is 0.296. The Bertz CT molecular complexity index is 492. The molecule has 0 bridgehead atoms. The highest BCUT2D eigenvalue weighted by atomic mass is 79.9. The van der Waals surface area contributed by atoms with Crippen LogP contribution >= 0.6 is 27.5 Å². The van der Waals surface area contributed by atoms with Gasteiger partial charge in [0, 0.05) is 28.6 Å². The van der Waals surface area contributed by atoms with E-state index in [-0.39, 0.29) is 12.0 Å². The molecular formula is C15H19BrClNO3. The second-order valence-corrected chi connectivity index (χ2v) is 6.16. The van der Waals surface area contributed by atoms with Crippen LogP contribution in [0.3, 0.4) is 0 Å². The first-order chi connectivity index (χ1) is 10.1. The third kappa shape index (κ3) is 4.68. The summed E-state index contributed by atoms with van der Waals surface area (Å²) < 4.78 is 11.4. The largest absolute Gasteiger partial charge is 0.466 e. The summed E-state index contributed by atoms with van der Waals surface area (Å²) >= 11 is 9.81. The molecule has 1 saturated heterocycles. The zero-order valence-electron chi connectivity index (χ0n) is 12.0. The standard InChI is InChI=1S/C15H19BrClNO3/c1-2-21-15(19)10-14(18-5-7-20-8-6-18)12-9-11(16)3-4-13(12)17/h3-4,9,14H,2,5-8,10H2,1H3. The van der Waals surface area contributed by atoms with Gasteiger partial charge in [0.15, 0.2) is 0 Å². The second kappa shape index (κ2) is 8.13. The number of carbonyl (C=O) groups is 1. The summed E-state index contributed by atoms with van der Waals surface area (Å²) in [7, 11) is 0. The summed E-state index contributed by atoms with van der Waals surface area (Å²) in [5.74, 6) is -0.204. The lowest BCUT2D eigenvalue weighted by Gasteiger charge is -2.34. The molecule has 2 rings (SSSR count). The molecular weight excluding hydrogens is 358 g/mol. The minimum Gasteiger partial charge on any atom is -0.466 e. The van der Waals surface area contributed by atoms with Crippen LogP contribution < -0.4 is 0 Å². The first kappa shape index (κ1) is 16.7. The molecule has 1 aromatic rings. The van der Waals surface area contributed by atoms with Crippen LogP contribution in [0.1, 0.15) is 24.9 Å². The zero-order chi connectivity index (χ0) is 15.2. The molecule has 4 nitrogen and oxygen atoms in total. The molecule has 1 unspecified atom stereocenters. The minimum absolute atomic E-state index is 0.0852. The Labute approximate surface area is 138 Å². The van der Waals surface area contributed by atoms with Gasteiger partial charge < -0.3 is 9.47 Å². The molecule has 1 aliphatic rings. The van der Waals surface area contributed by atoms with Crippen LogP contribution in [0.4, 0.5) is 0 Å². The molecule has 1 aromatic carbocycles. The van der Waals surface area contributed by atoms with Gasteiger partial charge in [0.2, 0.25) is 0 Å². The van der Waals surface area contributed by atoms with Crippen LogP contribution in [-0.2, 0) is 14.3 Å². The Morgan fingerprint density at radius 2 is 2.19 bits per heavy atom. The van der Waals surface area contributed by atoms with E-state index in [1.54, 1.807) is 0 Å². The van der Waals surface area contributed by atoms with Gasteiger partial charge in [0.1, 0.15) is 0 Å². The molecule has 1 aliphatic heterocycles. The molecule has 0 N–H and O–H groups in total. The maximum absolute atomic E-state index is 11.9. The highest BCUT2D eigenvalue weighted by Crippen LogP contribution is 2.33. The molecule has 6 heteroatoms. The van der Waals surface area contributed by atoms with E-state index in [0.29, 0.717) is 31.3 Å². The first-order valence-electron chi connectivity index (χ1n) is 7.04. The van der Waals surface area contributed by atoms with E-state index in [4.69, 9.17) is 21.1 Å². The molecule has 1 heterocycles. The van der Waals surface area contributed by atoms with Gasteiger partial charge >= 0.3 is 5.97 Å². The van der Waals surface area contributed by atoms with Crippen molar-refractivity contribution in [2.75, 3.05) is 32.9 Å². The fourth-order valence-electron chi connectivity index (χ4n) is 2.47. The van der Waals surface area contributed by atoms with E-state index in [0.717, 1.165) is 23.1 Å². The number of benzene rings is 1. The number of hydrogen-bond donors (Lipinski definition) is 0. The number of hydrogen-bond acceptors (Lipinski definition) is 4. The normalized spacial score (nSPS) is 17.5. The van der Waals surface area contributed by atoms with E-state index >= 15 is 0 Å². The molecule has 1 fully saturated rings. The first-order valence-corrected chi connectivity index (χ1v) is 8.21. The number of nitrogens with zero attached hydrogens (tertiary/aromatic N) is 1. The van der Waals surface area contributed by atoms with Crippen molar-refractivity contribution in [1.29, 1.82) is 0 Å². The topological polar surface area (TPSA) is 38.8 Å². The van der Waals surface area contributed by atoms with Crippen LogP contribution in [0.2, 0.25) is 5.02 Å². The summed E-state index contributed by atoms with van der Waals surface area (Å²) in [5, 5.41) is 0.666. The maximum atomic E-state index is 11.9. The average molecular weight is 377 g/mol. The van der Waals surface area contributed by atoms with Gasteiger partial charge in [-0.1, -0.05) is 27.5 Å². The van der Waals surface area contributed by atoms with Crippen molar-refractivity contribution in [3.63, 3.8) is 0 Å². The Morgan fingerprint density at radius 3 is 2.86 bits per heavy atom. The molecule has 0 spiro atoms. The van der Waals surface area contributed by atoms with E-state index in [9.17, 15) is 4.79 Å². The van der Waals surface area contributed by atoms with E-state index < -0.39 is 0 Å². The summed E-state index contributed by atoms with van der Waals surface area (Å²) in [6, 6.07) is 5.63. The van der Waals surface area contributed by atoms with Crippen molar-refractivity contribution in [2.24, 2.45) is 0 Å². The van der Waals surface area contributed by atoms with Crippen LogP contribution in [0, 0.1) is 0 Å². The Hall–Kier alpha value is -0.620. The van der Waals surface area contributed by atoms with Gasteiger partial charge in [-0.05, 0) is 30.7 Å². The van der Waals surface area contributed by atoms with Crippen LogP contribution in [-0.4, -0.2) is 43.8 Å². The minimum atomic E-state index is -0.204. The van der Waals surface area contributed by atoms with Gasteiger partial charge in [-0.25, -0.2) is 0 Å². The Kier molecular flexibility index (Phi) is 6.48. The monoisotopic (exact) mass is 375 g/mol. The fourth-order valence-corrected chi connectivity index (χ4v) is 3.09. The number of rotatable bonds is 5. The molecule has 1 atom stereocenters. The Morgan fingerprint density at radius 1 is 1.48 bits per heavy atom. The predicted molar refractivity (Wildman–Crippen MR) is 85.5 cm³/mol. The highest BCUT2D eigenvalue weighted by Gasteiger charge is 2.27. The van der Waals surface area contributed by atoms with Crippen LogP contribution in [0.5, 0.6) is 0 Å². The molecule has 0 radical (unpaired) electrons. The molecule has 0 saturated carbocycles. The van der Waals surface area contributed by atoms with Crippen molar-refractivity contribution in [1.82, 2.24) is 4.90 Å². The van der Waals surface area contributed by atoms with E-state index in [2.05, 4.69) is 20.8 Å². The predicted octanol–water partition coefficient (Wildman–Crippen LogP) is 3.43. The quantitative estimate of drug-likeness (QED) is 0.738. The maximum Gasteiger partial charge on any atom is 0.307 e. The molecule has 21 heavy (non-hydrogen) atoms. The van der Waals surface area contributed by atoms with Gasteiger partial charge in [-0.15, -0.1) is 0 Å². The van der Waals surface area contributed by atoms with Crippen molar-refractivity contribution >= 4 is 33.5 Å². The van der Waals surface area contributed by atoms with Gasteiger partial charge in [-0.3, -0.25) is 9.69 Å². The summed E-state index contributed by atoms with van der Waals surface area (Å²) in [4.78, 5) is 14.2. The summed E-state index contributed by atoms with van der Waals surface area (Å²) in [5.41, 5.74) is 0.945. The summed E-state index contributed by atoms with van der Waals surface area (Å²) in [6.45, 7) is 5.12. The lowest BCUT2D eigenvalue weighted by Crippen LogP contribution is -2.40. The number of morpholine rings is 1. The van der Waals surface area contributed by atoms with Crippen molar-refractivity contribution in [3.05, 3.63) is 33.3 Å². The number of carbonyl (C=O) groups excluding carboxylic acids is 1. The fraction of sp³-hybridized carbons (Fsp3) is 0.533. The van der Waals surface area contributed by atoms with Gasteiger partial charge in [-0.2, -0.15) is 0 Å². The highest BCUT2D eigenvalue weighted by molar-refractivity contribution is 9.10. The van der Waals surface area contributed by atoms with Crippen LogP contribution in [0.15, 0.2) is 22.7 Å². The van der Waals surface area contributed by atoms with Crippen LogP contribution in [0.25, 0.3) is 0 Å². The smallest absolute Gasteiger partial charge is 0.307 e. The lowest BCUT2D eigenvalue weighted by atomic mass is 10.0. The zero-order valence-corrected chi connectivity index (χ0v) is 14.3. The number of halogens is 2. The van der Waals surface area contributed by atoms with Crippen molar-refractivity contribution in [2.45, 2.75) is 19.4 Å². The van der Waals surface area contributed by atoms with Gasteiger partial charge in [0.25, 0.3) is 0 Å². The molecule has 0 amide bonds. The lowest BCUT2D eigenvalue weighted by molar-refractivity contribution is -0.145. The number of ether oxygens (including phenoxy) is 2. The van der Waals surface area contributed by atoms with E-state index in [1.807, 2.05) is 25.1 Å². The van der Waals surface area contributed by atoms with Crippen molar-refractivity contribution in [3.8, 4) is 0 Å². The molecule has 116 valence electrons. The molecule has 0 aliphatic carbocycles. The molecule has 0 aromatic heterocycles. The SMILES string of the molecule is CCOC(=O)CC(c1cc(Br)ccc1Cl)N1CCOCC1. The van der Waals surface area contributed by atoms with E-state index in [1.165, 1.54) is 0 Å². The third-order valence-corrected chi connectivity index (χ3v) is 4.31. The average Bonchev–Trinajstić information content (AvgIpc) is 2.49. The van der Waals surface area contributed by atoms with Gasteiger partial charge in [0.05, 0.1) is 26.2 Å². The second-order valence-electron chi connectivity index (χ2n) is 4.84. The van der Waals surface area contributed by atoms with Crippen molar-refractivity contribution < 1.29 is 14.3 Å².